The van der Waals surface area contributed by atoms with E-state index in [1.807, 2.05) is 31.1 Å². The molecule has 0 spiro atoms. The van der Waals surface area contributed by atoms with Gasteiger partial charge in [-0.05, 0) is 45.0 Å². The molecule has 6 heteroatoms. The first kappa shape index (κ1) is 15.8. The summed E-state index contributed by atoms with van der Waals surface area (Å²) in [5.74, 6) is 0. The van der Waals surface area contributed by atoms with Crippen LogP contribution in [0, 0.1) is 0 Å². The predicted molar refractivity (Wildman–Crippen MR) is 79.5 cm³/mol. The van der Waals surface area contributed by atoms with Crippen LogP contribution in [0.4, 0.5) is 18.9 Å². The van der Waals surface area contributed by atoms with Crippen molar-refractivity contribution in [3.05, 3.63) is 46.4 Å². The van der Waals surface area contributed by atoms with Crippen LogP contribution in [0.5, 0.6) is 0 Å². The van der Waals surface area contributed by atoms with E-state index in [9.17, 15) is 13.2 Å². The van der Waals surface area contributed by atoms with Crippen LogP contribution in [0.1, 0.15) is 31.3 Å². The molecule has 21 heavy (non-hydrogen) atoms. The number of thiazole rings is 1. The highest BCUT2D eigenvalue weighted by Crippen LogP contribution is 2.32. The quantitative estimate of drug-likeness (QED) is 0.795. The van der Waals surface area contributed by atoms with Crippen molar-refractivity contribution >= 4 is 17.0 Å². The molecule has 0 aliphatic carbocycles. The Morgan fingerprint density at radius 2 is 1.71 bits per heavy atom. The maximum atomic E-state index is 12.6. The average Bonchev–Trinajstić information content (AvgIpc) is 2.86. The molecule has 2 aromatic rings. The normalized spacial score (nSPS) is 12.5. The Kier molecular flexibility index (Phi) is 4.27. The van der Waals surface area contributed by atoms with Crippen molar-refractivity contribution in [2.45, 2.75) is 39.0 Å². The van der Waals surface area contributed by atoms with Gasteiger partial charge in [0.25, 0.3) is 0 Å². The number of anilines is 1. The molecule has 0 bridgehead atoms. The van der Waals surface area contributed by atoms with Crippen LogP contribution < -0.4 is 4.90 Å². The summed E-state index contributed by atoms with van der Waals surface area (Å²) >= 11 is 1.54. The molecule has 1 aromatic carbocycles. The van der Waals surface area contributed by atoms with Crippen molar-refractivity contribution in [1.82, 2.24) is 4.98 Å². The lowest BCUT2D eigenvalue weighted by Gasteiger charge is -2.37. The third kappa shape index (κ3) is 3.97. The standard InChI is InChI=1S/C15H17F3N2S/c1-14(2,3)20(10-13-19-8-9-21-13)12-6-4-11(5-7-12)15(16,17)18/h4-9H,10H2,1-3H3. The van der Waals surface area contributed by atoms with E-state index in [1.165, 1.54) is 23.5 Å². The SMILES string of the molecule is CC(C)(C)N(Cc1nccs1)c1ccc(C(F)(F)F)cc1. The van der Waals surface area contributed by atoms with Crippen LogP contribution in [0.3, 0.4) is 0 Å². The number of hydrogen-bond acceptors (Lipinski definition) is 3. The molecule has 0 radical (unpaired) electrons. The topological polar surface area (TPSA) is 16.1 Å². The van der Waals surface area contributed by atoms with Crippen LogP contribution >= 0.6 is 11.3 Å². The summed E-state index contributed by atoms with van der Waals surface area (Å²) in [6.45, 7) is 6.65. The lowest BCUT2D eigenvalue weighted by atomic mass is 10.0. The van der Waals surface area contributed by atoms with Crippen molar-refractivity contribution in [3.8, 4) is 0 Å². The lowest BCUT2D eigenvalue weighted by molar-refractivity contribution is -0.137. The van der Waals surface area contributed by atoms with Crippen molar-refractivity contribution in [3.63, 3.8) is 0 Å². The monoisotopic (exact) mass is 314 g/mol. The zero-order valence-corrected chi connectivity index (χ0v) is 12.9. The molecule has 1 aromatic heterocycles. The van der Waals surface area contributed by atoms with E-state index in [0.717, 1.165) is 22.8 Å². The van der Waals surface area contributed by atoms with Crippen molar-refractivity contribution in [2.75, 3.05) is 4.90 Å². The minimum absolute atomic E-state index is 0.217. The summed E-state index contributed by atoms with van der Waals surface area (Å²) in [5, 5.41) is 2.83. The van der Waals surface area contributed by atoms with E-state index in [0.29, 0.717) is 6.54 Å². The molecule has 1 heterocycles. The highest BCUT2D eigenvalue weighted by Gasteiger charge is 2.31. The Morgan fingerprint density at radius 3 is 2.14 bits per heavy atom. The molecule has 0 saturated heterocycles. The number of halogens is 3. The second-order valence-corrected chi connectivity index (χ2v) is 6.71. The smallest absolute Gasteiger partial charge is 0.360 e. The number of nitrogens with zero attached hydrogens (tertiary/aromatic N) is 2. The third-order valence-corrected chi connectivity index (χ3v) is 3.86. The molecule has 0 aliphatic rings. The van der Waals surface area contributed by atoms with Crippen LogP contribution in [0.25, 0.3) is 0 Å². The molecule has 0 saturated carbocycles. The average molecular weight is 314 g/mol. The first-order valence-electron chi connectivity index (χ1n) is 6.51. The summed E-state index contributed by atoms with van der Waals surface area (Å²) in [5.41, 5.74) is -0.0918. The summed E-state index contributed by atoms with van der Waals surface area (Å²) in [7, 11) is 0. The van der Waals surface area contributed by atoms with Gasteiger partial charge in [0.2, 0.25) is 0 Å². The van der Waals surface area contributed by atoms with Crippen LogP contribution in [0.15, 0.2) is 35.8 Å². The second-order valence-electron chi connectivity index (χ2n) is 5.73. The van der Waals surface area contributed by atoms with Gasteiger partial charge in [-0.1, -0.05) is 0 Å². The fourth-order valence-electron chi connectivity index (χ4n) is 2.01. The Hall–Kier alpha value is -1.56. The molecule has 2 nitrogen and oxygen atoms in total. The van der Waals surface area contributed by atoms with Gasteiger partial charge in [0.05, 0.1) is 12.1 Å². The van der Waals surface area contributed by atoms with Gasteiger partial charge in [-0.3, -0.25) is 0 Å². The zero-order chi connectivity index (χ0) is 15.7. The molecule has 0 amide bonds. The highest BCUT2D eigenvalue weighted by atomic mass is 32.1. The minimum Gasteiger partial charge on any atom is -0.360 e. The number of hydrogen-bond donors (Lipinski definition) is 0. The highest BCUT2D eigenvalue weighted by molar-refractivity contribution is 7.09. The molecular formula is C15H17F3N2S. The number of benzene rings is 1. The summed E-state index contributed by atoms with van der Waals surface area (Å²) in [6, 6.07) is 5.27. The molecule has 0 atom stereocenters. The molecule has 0 fully saturated rings. The van der Waals surface area contributed by atoms with Crippen LogP contribution in [0.2, 0.25) is 0 Å². The molecule has 0 unspecified atom stereocenters. The van der Waals surface area contributed by atoms with Gasteiger partial charge in [0.15, 0.2) is 0 Å². The van der Waals surface area contributed by atoms with Gasteiger partial charge in [0, 0.05) is 22.8 Å². The van der Waals surface area contributed by atoms with Crippen LogP contribution in [-0.4, -0.2) is 10.5 Å². The van der Waals surface area contributed by atoms with Gasteiger partial charge in [0.1, 0.15) is 5.01 Å². The van der Waals surface area contributed by atoms with E-state index in [-0.39, 0.29) is 5.54 Å². The van der Waals surface area contributed by atoms with E-state index >= 15 is 0 Å². The lowest BCUT2D eigenvalue weighted by Crippen LogP contribution is -2.41. The van der Waals surface area contributed by atoms with Gasteiger partial charge in [-0.15, -0.1) is 11.3 Å². The molecular weight excluding hydrogens is 297 g/mol. The maximum absolute atomic E-state index is 12.6. The summed E-state index contributed by atoms with van der Waals surface area (Å²) in [6.07, 6.45) is -2.58. The second kappa shape index (κ2) is 5.67. The number of rotatable bonds is 3. The maximum Gasteiger partial charge on any atom is 0.416 e. The first-order chi connectivity index (χ1) is 9.68. The Labute approximate surface area is 126 Å². The molecule has 2 rings (SSSR count). The van der Waals surface area contributed by atoms with E-state index in [1.54, 1.807) is 6.20 Å². The van der Waals surface area contributed by atoms with Gasteiger partial charge in [-0.2, -0.15) is 13.2 Å². The Balaban J connectivity index is 2.29. The largest absolute Gasteiger partial charge is 0.416 e. The summed E-state index contributed by atoms with van der Waals surface area (Å²) in [4.78, 5) is 6.30. The van der Waals surface area contributed by atoms with Crippen molar-refractivity contribution in [2.24, 2.45) is 0 Å². The Bertz CT molecular complexity index is 568. The third-order valence-electron chi connectivity index (χ3n) is 3.09. The van der Waals surface area contributed by atoms with Crippen LogP contribution in [-0.2, 0) is 12.7 Å². The Morgan fingerprint density at radius 1 is 1.10 bits per heavy atom. The van der Waals surface area contributed by atoms with Gasteiger partial charge >= 0.3 is 6.18 Å². The van der Waals surface area contributed by atoms with E-state index < -0.39 is 11.7 Å². The van der Waals surface area contributed by atoms with Gasteiger partial charge < -0.3 is 4.90 Å². The van der Waals surface area contributed by atoms with Crippen molar-refractivity contribution < 1.29 is 13.2 Å². The summed E-state index contributed by atoms with van der Waals surface area (Å²) < 4.78 is 37.9. The number of alkyl halides is 3. The fraction of sp³-hybridized carbons (Fsp3) is 0.400. The molecule has 114 valence electrons. The first-order valence-corrected chi connectivity index (χ1v) is 7.39. The zero-order valence-electron chi connectivity index (χ0n) is 12.1. The molecule has 0 N–H and O–H groups in total. The fourth-order valence-corrected chi connectivity index (χ4v) is 2.62. The number of aromatic nitrogens is 1. The predicted octanol–water partition coefficient (Wildman–Crippen LogP) is 4.97. The van der Waals surface area contributed by atoms with E-state index in [2.05, 4.69) is 4.98 Å². The van der Waals surface area contributed by atoms with E-state index in [4.69, 9.17) is 0 Å². The van der Waals surface area contributed by atoms with Crippen molar-refractivity contribution in [1.29, 1.82) is 0 Å². The molecule has 0 aliphatic heterocycles. The minimum atomic E-state index is -4.31. The van der Waals surface area contributed by atoms with Gasteiger partial charge in [-0.25, -0.2) is 4.98 Å².